The minimum Gasteiger partial charge on any atom is -0.390 e. The first-order valence-corrected chi connectivity index (χ1v) is 2.37. The highest BCUT2D eigenvalue weighted by atomic mass is 16.3. The molecule has 0 amide bonds. The van der Waals surface area contributed by atoms with Crippen LogP contribution in [-0.2, 0) is 0 Å². The number of nitrogens with two attached hydrogens (primary N) is 1. The molecule has 1 fully saturated rings. The Balaban J connectivity index is 2.33. The first-order chi connectivity index (χ1) is 3.30. The number of hydrogen-bond donors (Lipinski definition) is 2. The molecule has 0 aromatic carbocycles. The average molecular weight is 101 g/mol. The van der Waals surface area contributed by atoms with E-state index in [2.05, 4.69) is 5.32 Å². The Bertz CT molecular complexity index is 58.7. The van der Waals surface area contributed by atoms with Crippen LogP contribution in [0.2, 0.25) is 0 Å². The van der Waals surface area contributed by atoms with Crippen molar-refractivity contribution in [2.24, 2.45) is 5.73 Å². The van der Waals surface area contributed by atoms with Crippen molar-refractivity contribution >= 4 is 0 Å². The standard InChI is InChI=1S/C4H9N2O/c5-3-1-6-2-4(3)7/h3-4,7H,1-2,5H2/t3-,4+/m1/s1. The van der Waals surface area contributed by atoms with Crippen molar-refractivity contribution in [3.05, 3.63) is 0 Å². The van der Waals surface area contributed by atoms with E-state index in [1.54, 1.807) is 0 Å². The second kappa shape index (κ2) is 1.78. The van der Waals surface area contributed by atoms with Crippen molar-refractivity contribution < 1.29 is 5.11 Å². The molecule has 2 atom stereocenters. The van der Waals surface area contributed by atoms with Gasteiger partial charge in [-0.25, -0.2) is 5.32 Å². The summed E-state index contributed by atoms with van der Waals surface area (Å²) >= 11 is 0. The molecule has 0 saturated carbocycles. The molecule has 41 valence electrons. The van der Waals surface area contributed by atoms with Gasteiger partial charge < -0.3 is 10.8 Å². The van der Waals surface area contributed by atoms with E-state index in [1.807, 2.05) is 0 Å². The number of aliphatic hydroxyl groups is 1. The molecule has 7 heavy (non-hydrogen) atoms. The molecule has 0 aromatic heterocycles. The van der Waals surface area contributed by atoms with E-state index in [4.69, 9.17) is 10.8 Å². The van der Waals surface area contributed by atoms with E-state index >= 15 is 0 Å². The van der Waals surface area contributed by atoms with Crippen LogP contribution in [0, 0.1) is 0 Å². The van der Waals surface area contributed by atoms with E-state index in [-0.39, 0.29) is 12.1 Å². The molecule has 3 N–H and O–H groups in total. The Labute approximate surface area is 42.5 Å². The van der Waals surface area contributed by atoms with Crippen molar-refractivity contribution in [2.75, 3.05) is 13.1 Å². The summed E-state index contributed by atoms with van der Waals surface area (Å²) in [6, 6.07) is -0.0972. The number of nitrogens with zero attached hydrogens (tertiary/aromatic N) is 1. The molecule has 1 saturated heterocycles. The fourth-order valence-electron chi connectivity index (χ4n) is 0.613. The van der Waals surface area contributed by atoms with E-state index in [0.29, 0.717) is 13.1 Å². The maximum absolute atomic E-state index is 8.78. The highest BCUT2D eigenvalue weighted by Crippen LogP contribution is 1.95. The molecule has 1 aliphatic heterocycles. The lowest BCUT2D eigenvalue weighted by molar-refractivity contribution is 0.179. The van der Waals surface area contributed by atoms with Crippen molar-refractivity contribution in [1.82, 2.24) is 5.32 Å². The summed E-state index contributed by atoms with van der Waals surface area (Å²) in [7, 11) is 0. The van der Waals surface area contributed by atoms with E-state index in [9.17, 15) is 0 Å². The zero-order valence-corrected chi connectivity index (χ0v) is 4.04. The van der Waals surface area contributed by atoms with Gasteiger partial charge in [0, 0.05) is 19.1 Å². The SMILES string of the molecule is N[C@@H]1C[N]C[C@@H]1O. The van der Waals surface area contributed by atoms with E-state index in [1.165, 1.54) is 0 Å². The third kappa shape index (κ3) is 0.907. The van der Waals surface area contributed by atoms with Crippen LogP contribution in [-0.4, -0.2) is 30.3 Å². The average Bonchev–Trinajstić information content (AvgIpc) is 1.91. The number of hydrogen-bond acceptors (Lipinski definition) is 2. The molecule has 1 heterocycles. The number of aliphatic hydroxyl groups excluding tert-OH is 1. The minimum absolute atomic E-state index is 0.0972. The summed E-state index contributed by atoms with van der Waals surface area (Å²) < 4.78 is 0. The van der Waals surface area contributed by atoms with Gasteiger partial charge in [-0.3, -0.25) is 0 Å². The number of rotatable bonds is 0. The maximum Gasteiger partial charge on any atom is 0.0844 e. The second-order valence-electron chi connectivity index (χ2n) is 1.82. The highest BCUT2D eigenvalue weighted by Gasteiger charge is 2.20. The quantitative estimate of drug-likeness (QED) is 0.382. The van der Waals surface area contributed by atoms with Crippen LogP contribution < -0.4 is 11.1 Å². The van der Waals surface area contributed by atoms with Crippen LogP contribution in [0.1, 0.15) is 0 Å². The predicted molar refractivity (Wildman–Crippen MR) is 25.9 cm³/mol. The van der Waals surface area contributed by atoms with Gasteiger partial charge >= 0.3 is 0 Å². The zero-order valence-electron chi connectivity index (χ0n) is 4.04. The van der Waals surface area contributed by atoms with Crippen LogP contribution in [0.15, 0.2) is 0 Å². The summed E-state index contributed by atoms with van der Waals surface area (Å²) in [5.74, 6) is 0. The monoisotopic (exact) mass is 101 g/mol. The molecular weight excluding hydrogens is 92.1 g/mol. The molecule has 0 aromatic rings. The molecule has 3 heteroatoms. The Morgan fingerprint density at radius 3 is 2.43 bits per heavy atom. The van der Waals surface area contributed by atoms with Crippen LogP contribution in [0.25, 0.3) is 0 Å². The Hall–Kier alpha value is -0.120. The van der Waals surface area contributed by atoms with Gasteiger partial charge in [0.1, 0.15) is 0 Å². The van der Waals surface area contributed by atoms with Gasteiger partial charge in [-0.2, -0.15) is 0 Å². The van der Waals surface area contributed by atoms with Gasteiger partial charge in [-0.15, -0.1) is 0 Å². The van der Waals surface area contributed by atoms with Crippen LogP contribution in [0.4, 0.5) is 0 Å². The summed E-state index contributed by atoms with van der Waals surface area (Å²) in [5.41, 5.74) is 5.33. The summed E-state index contributed by atoms with van der Waals surface area (Å²) in [4.78, 5) is 0. The topological polar surface area (TPSA) is 60.4 Å². The van der Waals surface area contributed by atoms with Crippen molar-refractivity contribution in [1.29, 1.82) is 0 Å². The maximum atomic E-state index is 8.78. The predicted octanol–water partition coefficient (Wildman–Crippen LogP) is -1.71. The van der Waals surface area contributed by atoms with Crippen molar-refractivity contribution in [3.8, 4) is 0 Å². The smallest absolute Gasteiger partial charge is 0.0844 e. The van der Waals surface area contributed by atoms with Crippen molar-refractivity contribution in [2.45, 2.75) is 12.1 Å². The summed E-state index contributed by atoms with van der Waals surface area (Å²) in [6.45, 7) is 1.16. The van der Waals surface area contributed by atoms with E-state index in [0.717, 1.165) is 0 Å². The van der Waals surface area contributed by atoms with Gasteiger partial charge in [0.15, 0.2) is 0 Å². The molecule has 0 aliphatic carbocycles. The summed E-state index contributed by atoms with van der Waals surface area (Å²) in [5, 5.41) is 12.6. The van der Waals surface area contributed by atoms with Gasteiger partial charge in [0.05, 0.1) is 6.10 Å². The third-order valence-corrected chi connectivity index (χ3v) is 1.15. The molecule has 1 aliphatic rings. The first-order valence-electron chi connectivity index (χ1n) is 2.37. The Morgan fingerprint density at radius 2 is 2.29 bits per heavy atom. The van der Waals surface area contributed by atoms with Gasteiger partial charge in [-0.05, 0) is 0 Å². The van der Waals surface area contributed by atoms with Crippen LogP contribution >= 0.6 is 0 Å². The second-order valence-corrected chi connectivity index (χ2v) is 1.82. The Kier molecular flexibility index (Phi) is 1.27. The first kappa shape index (κ1) is 5.03. The molecule has 0 spiro atoms. The van der Waals surface area contributed by atoms with Gasteiger partial charge in [0.25, 0.3) is 0 Å². The fraction of sp³-hybridized carbons (Fsp3) is 1.00. The van der Waals surface area contributed by atoms with E-state index < -0.39 is 0 Å². The molecule has 3 nitrogen and oxygen atoms in total. The lowest BCUT2D eigenvalue weighted by atomic mass is 10.2. The van der Waals surface area contributed by atoms with Crippen LogP contribution in [0.5, 0.6) is 0 Å². The lowest BCUT2D eigenvalue weighted by Crippen LogP contribution is -2.32. The van der Waals surface area contributed by atoms with Gasteiger partial charge in [0.2, 0.25) is 0 Å². The van der Waals surface area contributed by atoms with Crippen molar-refractivity contribution in [3.63, 3.8) is 0 Å². The Morgan fingerprint density at radius 1 is 1.57 bits per heavy atom. The molecular formula is C4H9N2O. The lowest BCUT2D eigenvalue weighted by Gasteiger charge is -2.02. The largest absolute Gasteiger partial charge is 0.390 e. The van der Waals surface area contributed by atoms with Crippen LogP contribution in [0.3, 0.4) is 0 Å². The highest BCUT2D eigenvalue weighted by molar-refractivity contribution is 4.82. The molecule has 0 bridgehead atoms. The zero-order chi connectivity index (χ0) is 5.28. The summed E-state index contributed by atoms with van der Waals surface area (Å²) in [6.07, 6.45) is -0.375. The van der Waals surface area contributed by atoms with Gasteiger partial charge in [-0.1, -0.05) is 0 Å². The third-order valence-electron chi connectivity index (χ3n) is 1.15. The molecule has 1 rings (SSSR count). The molecule has 1 radical (unpaired) electrons. The normalized spacial score (nSPS) is 42.0. The molecule has 0 unspecified atom stereocenters. The fourth-order valence-corrected chi connectivity index (χ4v) is 0.613. The minimum atomic E-state index is -0.375.